The highest BCUT2D eigenvalue weighted by Gasteiger charge is 2.40. The Morgan fingerprint density at radius 3 is 2.84 bits per heavy atom. The number of hydrogen-bond acceptors (Lipinski definition) is 2. The Hall–Kier alpha value is -0.860. The van der Waals surface area contributed by atoms with Gasteiger partial charge in [0, 0.05) is 18.7 Å². The fourth-order valence-electron chi connectivity index (χ4n) is 3.65. The van der Waals surface area contributed by atoms with Crippen LogP contribution in [0, 0.1) is 11.3 Å². The lowest BCUT2D eigenvalue weighted by Gasteiger charge is -2.33. The predicted octanol–water partition coefficient (Wildman–Crippen LogP) is 3.32. The minimum atomic E-state index is 0.303. The van der Waals surface area contributed by atoms with Crippen molar-refractivity contribution in [3.8, 4) is 0 Å². The van der Waals surface area contributed by atoms with Crippen LogP contribution in [-0.4, -0.2) is 19.3 Å². The third-order valence-corrected chi connectivity index (χ3v) is 4.90. The fraction of sp³-hybridized carbons (Fsp3) is 0.647. The van der Waals surface area contributed by atoms with E-state index in [1.165, 1.54) is 24.0 Å². The van der Waals surface area contributed by atoms with E-state index in [1.807, 2.05) is 0 Å². The van der Waals surface area contributed by atoms with Crippen LogP contribution in [0.4, 0.5) is 0 Å². The van der Waals surface area contributed by atoms with Crippen LogP contribution in [0.3, 0.4) is 0 Å². The molecule has 1 aliphatic heterocycles. The highest BCUT2D eigenvalue weighted by atomic mass is 16.5. The molecule has 0 saturated carbocycles. The quantitative estimate of drug-likeness (QED) is 0.899. The molecule has 1 heterocycles. The van der Waals surface area contributed by atoms with Gasteiger partial charge in [-0.15, -0.1) is 0 Å². The number of benzene rings is 1. The van der Waals surface area contributed by atoms with Crippen molar-refractivity contribution in [3.63, 3.8) is 0 Å². The molecule has 1 N–H and O–H groups in total. The highest BCUT2D eigenvalue weighted by molar-refractivity contribution is 5.37. The Balaban J connectivity index is 1.78. The van der Waals surface area contributed by atoms with Gasteiger partial charge in [-0.3, -0.25) is 0 Å². The number of nitrogens with one attached hydrogen (secondary N) is 1. The van der Waals surface area contributed by atoms with Gasteiger partial charge < -0.3 is 10.1 Å². The van der Waals surface area contributed by atoms with Gasteiger partial charge in [0.15, 0.2) is 0 Å². The van der Waals surface area contributed by atoms with Gasteiger partial charge in [-0.05, 0) is 42.2 Å². The second kappa shape index (κ2) is 4.92. The zero-order valence-electron chi connectivity index (χ0n) is 12.3. The predicted molar refractivity (Wildman–Crippen MR) is 78.2 cm³/mol. The molecule has 2 heteroatoms. The molecule has 0 aromatic heterocycles. The van der Waals surface area contributed by atoms with E-state index < -0.39 is 0 Å². The lowest BCUT2D eigenvalue weighted by molar-refractivity contribution is 0.168. The van der Waals surface area contributed by atoms with Crippen LogP contribution in [-0.2, 0) is 11.2 Å². The molecule has 3 unspecified atom stereocenters. The van der Waals surface area contributed by atoms with Gasteiger partial charge in [-0.2, -0.15) is 0 Å². The molecule has 0 radical (unpaired) electrons. The molecule has 1 aromatic carbocycles. The maximum Gasteiger partial charge on any atom is 0.0509 e. The van der Waals surface area contributed by atoms with E-state index >= 15 is 0 Å². The lowest BCUT2D eigenvalue weighted by Crippen LogP contribution is -2.41. The maximum atomic E-state index is 5.52. The van der Waals surface area contributed by atoms with Crippen LogP contribution in [0.15, 0.2) is 24.3 Å². The molecule has 2 aliphatic rings. The van der Waals surface area contributed by atoms with Crippen LogP contribution < -0.4 is 5.32 Å². The highest BCUT2D eigenvalue weighted by Crippen LogP contribution is 2.45. The molecule has 1 fully saturated rings. The summed E-state index contributed by atoms with van der Waals surface area (Å²) in [6.07, 6.45) is 2.37. The summed E-state index contributed by atoms with van der Waals surface area (Å²) >= 11 is 0. The van der Waals surface area contributed by atoms with Crippen LogP contribution >= 0.6 is 0 Å². The van der Waals surface area contributed by atoms with E-state index in [2.05, 4.69) is 50.4 Å². The monoisotopic (exact) mass is 259 g/mol. The van der Waals surface area contributed by atoms with Crippen molar-refractivity contribution in [2.45, 2.75) is 45.7 Å². The first kappa shape index (κ1) is 13.1. The zero-order chi connectivity index (χ0) is 13.5. The second-order valence-electron chi connectivity index (χ2n) is 6.88. The molecular weight excluding hydrogens is 234 g/mol. The van der Waals surface area contributed by atoms with Gasteiger partial charge in [0.1, 0.15) is 0 Å². The maximum absolute atomic E-state index is 5.52. The Labute approximate surface area is 116 Å². The van der Waals surface area contributed by atoms with Crippen LogP contribution in [0.1, 0.15) is 44.4 Å². The largest absolute Gasteiger partial charge is 0.381 e. The summed E-state index contributed by atoms with van der Waals surface area (Å²) in [5.41, 5.74) is 3.32. The standard InChI is InChI=1S/C17H25NO/c1-12(14-8-9-19-11-14)18-16-15-7-5-4-6-13(15)10-17(16,2)3/h4-7,12,14,16,18H,8-11H2,1-3H3. The first-order valence-electron chi connectivity index (χ1n) is 7.49. The molecular formula is C17H25NO. The molecule has 3 atom stereocenters. The van der Waals surface area contributed by atoms with Gasteiger partial charge in [0.2, 0.25) is 0 Å². The molecule has 1 saturated heterocycles. The summed E-state index contributed by atoms with van der Waals surface area (Å²) in [6, 6.07) is 9.89. The molecule has 104 valence electrons. The average molecular weight is 259 g/mol. The van der Waals surface area contributed by atoms with Crippen molar-refractivity contribution in [3.05, 3.63) is 35.4 Å². The molecule has 1 aliphatic carbocycles. The van der Waals surface area contributed by atoms with Gasteiger partial charge in [0.05, 0.1) is 6.61 Å². The van der Waals surface area contributed by atoms with Gasteiger partial charge >= 0.3 is 0 Å². The number of rotatable bonds is 3. The molecule has 0 spiro atoms. The van der Waals surface area contributed by atoms with Crippen LogP contribution in [0.25, 0.3) is 0 Å². The first-order valence-corrected chi connectivity index (χ1v) is 7.49. The minimum absolute atomic E-state index is 0.303. The Bertz CT molecular complexity index is 448. The van der Waals surface area contributed by atoms with E-state index in [0.29, 0.717) is 23.4 Å². The first-order chi connectivity index (χ1) is 9.08. The number of fused-ring (bicyclic) bond motifs is 1. The zero-order valence-corrected chi connectivity index (χ0v) is 12.3. The summed E-state index contributed by atoms with van der Waals surface area (Å²) in [5, 5.41) is 3.89. The third-order valence-electron chi connectivity index (χ3n) is 4.90. The molecule has 1 aromatic rings. The average Bonchev–Trinajstić information content (AvgIpc) is 2.96. The van der Waals surface area contributed by atoms with Crippen LogP contribution in [0.5, 0.6) is 0 Å². The molecule has 0 amide bonds. The molecule has 2 nitrogen and oxygen atoms in total. The summed E-state index contributed by atoms with van der Waals surface area (Å²) in [5.74, 6) is 0.670. The van der Waals surface area contributed by atoms with E-state index in [9.17, 15) is 0 Å². The van der Waals surface area contributed by atoms with E-state index in [-0.39, 0.29) is 0 Å². The fourth-order valence-corrected chi connectivity index (χ4v) is 3.65. The SMILES string of the molecule is CC(NC1c2ccccc2CC1(C)C)C1CCOC1. The summed E-state index contributed by atoms with van der Waals surface area (Å²) in [7, 11) is 0. The van der Waals surface area contributed by atoms with E-state index in [4.69, 9.17) is 4.74 Å². The van der Waals surface area contributed by atoms with Crippen molar-refractivity contribution < 1.29 is 4.74 Å². The van der Waals surface area contributed by atoms with Crippen molar-refractivity contribution in [2.24, 2.45) is 11.3 Å². The Kier molecular flexibility index (Phi) is 3.40. The van der Waals surface area contributed by atoms with Crippen LogP contribution in [0.2, 0.25) is 0 Å². The van der Waals surface area contributed by atoms with Gasteiger partial charge in [-0.25, -0.2) is 0 Å². The lowest BCUT2D eigenvalue weighted by atomic mass is 9.84. The Morgan fingerprint density at radius 2 is 2.11 bits per heavy atom. The van der Waals surface area contributed by atoms with Gasteiger partial charge in [0.25, 0.3) is 0 Å². The smallest absolute Gasteiger partial charge is 0.0509 e. The molecule has 3 rings (SSSR count). The van der Waals surface area contributed by atoms with Crippen molar-refractivity contribution in [1.82, 2.24) is 5.32 Å². The summed E-state index contributed by atoms with van der Waals surface area (Å²) in [6.45, 7) is 8.92. The second-order valence-corrected chi connectivity index (χ2v) is 6.88. The third kappa shape index (κ3) is 2.44. The van der Waals surface area contributed by atoms with Crippen molar-refractivity contribution >= 4 is 0 Å². The van der Waals surface area contributed by atoms with Crippen molar-refractivity contribution in [2.75, 3.05) is 13.2 Å². The van der Waals surface area contributed by atoms with Gasteiger partial charge in [-0.1, -0.05) is 38.1 Å². The van der Waals surface area contributed by atoms with Crippen molar-refractivity contribution in [1.29, 1.82) is 0 Å². The number of ether oxygens (including phenoxy) is 1. The minimum Gasteiger partial charge on any atom is -0.381 e. The topological polar surface area (TPSA) is 21.3 Å². The Morgan fingerprint density at radius 1 is 1.32 bits per heavy atom. The summed E-state index contributed by atoms with van der Waals surface area (Å²) < 4.78 is 5.52. The van der Waals surface area contributed by atoms with E-state index in [1.54, 1.807) is 0 Å². The summed E-state index contributed by atoms with van der Waals surface area (Å²) in [4.78, 5) is 0. The molecule has 0 bridgehead atoms. The normalized spacial score (nSPS) is 30.3. The van der Waals surface area contributed by atoms with E-state index in [0.717, 1.165) is 13.2 Å². The molecule has 19 heavy (non-hydrogen) atoms. The number of hydrogen-bond donors (Lipinski definition) is 1.